The fraction of sp³-hybridized carbons (Fsp3) is 0.182. The Kier molecular flexibility index (Phi) is 3.04. The Bertz CT molecular complexity index is 522. The molecule has 0 aliphatic heterocycles. The Labute approximate surface area is 97.5 Å². The van der Waals surface area contributed by atoms with Crippen LogP contribution in [0.1, 0.15) is 0 Å². The van der Waals surface area contributed by atoms with Gasteiger partial charge in [-0.2, -0.15) is 0 Å². The number of carboxylic acid groups (broad SMARTS) is 1. The molecule has 0 spiro atoms. The van der Waals surface area contributed by atoms with Crippen molar-refractivity contribution in [1.82, 2.24) is 14.8 Å². The SMILES string of the molecule is Cn1nc(OCC(=O)O)cc1-c1ccncc1. The first kappa shape index (κ1) is 11.1. The highest BCUT2D eigenvalue weighted by atomic mass is 16.5. The van der Waals surface area contributed by atoms with Gasteiger partial charge in [-0.05, 0) is 12.1 Å². The Morgan fingerprint density at radius 2 is 2.18 bits per heavy atom. The number of carbonyl (C=O) groups is 1. The Hall–Kier alpha value is -2.37. The van der Waals surface area contributed by atoms with E-state index in [1.165, 1.54) is 0 Å². The molecular formula is C11H11N3O3. The molecule has 0 saturated carbocycles. The number of hydrogen-bond acceptors (Lipinski definition) is 4. The van der Waals surface area contributed by atoms with Gasteiger partial charge in [0.2, 0.25) is 5.88 Å². The van der Waals surface area contributed by atoms with E-state index in [9.17, 15) is 4.79 Å². The average Bonchev–Trinajstić information content (AvgIpc) is 2.69. The van der Waals surface area contributed by atoms with Crippen LogP contribution in [-0.4, -0.2) is 32.4 Å². The Morgan fingerprint density at radius 1 is 1.47 bits per heavy atom. The lowest BCUT2D eigenvalue weighted by Gasteiger charge is -1.98. The van der Waals surface area contributed by atoms with Crippen molar-refractivity contribution in [2.75, 3.05) is 6.61 Å². The summed E-state index contributed by atoms with van der Waals surface area (Å²) in [5.74, 6) is -0.733. The van der Waals surface area contributed by atoms with E-state index in [2.05, 4.69) is 10.1 Å². The molecule has 0 saturated heterocycles. The Balaban J connectivity index is 2.22. The number of pyridine rings is 1. The minimum Gasteiger partial charge on any atom is -0.479 e. The van der Waals surface area contributed by atoms with Gasteiger partial charge in [0.1, 0.15) is 0 Å². The number of hydrogen-bond donors (Lipinski definition) is 1. The summed E-state index contributed by atoms with van der Waals surface area (Å²) in [6, 6.07) is 5.38. The van der Waals surface area contributed by atoms with Crippen LogP contribution in [0.3, 0.4) is 0 Å². The molecule has 0 radical (unpaired) electrons. The van der Waals surface area contributed by atoms with Gasteiger partial charge in [-0.25, -0.2) is 4.79 Å². The van der Waals surface area contributed by atoms with Crippen molar-refractivity contribution < 1.29 is 14.6 Å². The maximum atomic E-state index is 10.4. The predicted molar refractivity (Wildman–Crippen MR) is 59.6 cm³/mol. The molecular weight excluding hydrogens is 222 g/mol. The summed E-state index contributed by atoms with van der Waals surface area (Å²) in [4.78, 5) is 14.3. The van der Waals surface area contributed by atoms with Crippen LogP contribution in [0, 0.1) is 0 Å². The van der Waals surface area contributed by atoms with Crippen LogP contribution >= 0.6 is 0 Å². The summed E-state index contributed by atoms with van der Waals surface area (Å²) >= 11 is 0. The predicted octanol–water partition coefficient (Wildman–Crippen LogP) is 0.946. The van der Waals surface area contributed by atoms with Gasteiger partial charge >= 0.3 is 5.97 Å². The van der Waals surface area contributed by atoms with Crippen molar-refractivity contribution in [3.63, 3.8) is 0 Å². The van der Waals surface area contributed by atoms with E-state index in [4.69, 9.17) is 9.84 Å². The van der Waals surface area contributed by atoms with Crippen molar-refractivity contribution in [3.05, 3.63) is 30.6 Å². The number of rotatable bonds is 4. The number of aliphatic carboxylic acids is 1. The summed E-state index contributed by atoms with van der Waals surface area (Å²) < 4.78 is 6.63. The first-order valence-electron chi connectivity index (χ1n) is 4.96. The molecule has 0 atom stereocenters. The molecule has 2 aromatic heterocycles. The van der Waals surface area contributed by atoms with Gasteiger partial charge in [-0.15, -0.1) is 5.10 Å². The molecule has 6 heteroatoms. The minimum absolute atomic E-state index is 0.293. The molecule has 0 aliphatic rings. The van der Waals surface area contributed by atoms with Crippen molar-refractivity contribution in [1.29, 1.82) is 0 Å². The molecule has 2 rings (SSSR count). The minimum atomic E-state index is -1.03. The average molecular weight is 233 g/mol. The monoisotopic (exact) mass is 233 g/mol. The van der Waals surface area contributed by atoms with Crippen LogP contribution in [0.2, 0.25) is 0 Å². The lowest BCUT2D eigenvalue weighted by atomic mass is 10.2. The molecule has 0 amide bonds. The van der Waals surface area contributed by atoms with Crippen LogP contribution in [0.4, 0.5) is 0 Å². The van der Waals surface area contributed by atoms with Gasteiger partial charge in [-0.3, -0.25) is 9.67 Å². The number of carboxylic acids is 1. The van der Waals surface area contributed by atoms with E-state index in [0.717, 1.165) is 11.3 Å². The third-order valence-corrected chi connectivity index (χ3v) is 2.18. The molecule has 6 nitrogen and oxygen atoms in total. The van der Waals surface area contributed by atoms with E-state index in [1.807, 2.05) is 12.1 Å². The highest BCUT2D eigenvalue weighted by Crippen LogP contribution is 2.22. The van der Waals surface area contributed by atoms with Gasteiger partial charge in [0.05, 0.1) is 5.69 Å². The van der Waals surface area contributed by atoms with Gasteiger partial charge < -0.3 is 9.84 Å². The second-order valence-electron chi connectivity index (χ2n) is 3.41. The summed E-state index contributed by atoms with van der Waals surface area (Å²) in [7, 11) is 1.77. The van der Waals surface area contributed by atoms with Gasteiger partial charge in [0.15, 0.2) is 6.61 Å². The van der Waals surface area contributed by atoms with E-state index >= 15 is 0 Å². The van der Waals surface area contributed by atoms with Crippen LogP contribution in [0.15, 0.2) is 30.6 Å². The molecule has 0 bridgehead atoms. The van der Waals surface area contributed by atoms with E-state index in [-0.39, 0.29) is 0 Å². The molecule has 2 heterocycles. The fourth-order valence-corrected chi connectivity index (χ4v) is 1.44. The molecule has 2 aromatic rings. The Morgan fingerprint density at radius 3 is 2.82 bits per heavy atom. The van der Waals surface area contributed by atoms with Crippen molar-refractivity contribution in [2.45, 2.75) is 0 Å². The molecule has 88 valence electrons. The van der Waals surface area contributed by atoms with Gasteiger partial charge in [0.25, 0.3) is 0 Å². The third kappa shape index (κ3) is 2.60. The second kappa shape index (κ2) is 4.65. The zero-order valence-electron chi connectivity index (χ0n) is 9.20. The molecule has 0 aliphatic carbocycles. The quantitative estimate of drug-likeness (QED) is 0.850. The normalized spacial score (nSPS) is 10.2. The zero-order valence-corrected chi connectivity index (χ0v) is 9.20. The standard InChI is InChI=1S/C11H11N3O3/c1-14-9(8-2-4-12-5-3-8)6-10(13-14)17-7-11(15)16/h2-6H,7H2,1H3,(H,15,16). The van der Waals surface area contributed by atoms with Crippen molar-refractivity contribution in [3.8, 4) is 17.1 Å². The fourth-order valence-electron chi connectivity index (χ4n) is 1.44. The maximum absolute atomic E-state index is 10.4. The smallest absolute Gasteiger partial charge is 0.341 e. The summed E-state index contributed by atoms with van der Waals surface area (Å²) in [6.07, 6.45) is 3.36. The van der Waals surface area contributed by atoms with E-state index in [0.29, 0.717) is 5.88 Å². The zero-order chi connectivity index (χ0) is 12.3. The van der Waals surface area contributed by atoms with Crippen LogP contribution in [-0.2, 0) is 11.8 Å². The second-order valence-corrected chi connectivity index (χ2v) is 3.41. The van der Waals surface area contributed by atoms with Crippen molar-refractivity contribution in [2.24, 2.45) is 7.05 Å². The van der Waals surface area contributed by atoms with Crippen LogP contribution in [0.25, 0.3) is 11.3 Å². The maximum Gasteiger partial charge on any atom is 0.341 e. The first-order chi connectivity index (χ1) is 8.16. The topological polar surface area (TPSA) is 77.2 Å². The number of aryl methyl sites for hydroxylation is 1. The van der Waals surface area contributed by atoms with Gasteiger partial charge in [-0.1, -0.05) is 0 Å². The lowest BCUT2D eigenvalue weighted by molar-refractivity contribution is -0.139. The van der Waals surface area contributed by atoms with Gasteiger partial charge in [0, 0.05) is 31.1 Å². The highest BCUT2D eigenvalue weighted by Gasteiger charge is 2.09. The van der Waals surface area contributed by atoms with Crippen molar-refractivity contribution >= 4 is 5.97 Å². The van der Waals surface area contributed by atoms with Crippen LogP contribution < -0.4 is 4.74 Å². The lowest BCUT2D eigenvalue weighted by Crippen LogP contribution is -2.09. The number of ether oxygens (including phenoxy) is 1. The third-order valence-electron chi connectivity index (χ3n) is 2.18. The van der Waals surface area contributed by atoms with E-state index < -0.39 is 12.6 Å². The molecule has 0 fully saturated rings. The number of aromatic nitrogens is 3. The summed E-state index contributed by atoms with van der Waals surface area (Å²) in [5, 5.41) is 12.6. The summed E-state index contributed by atoms with van der Waals surface area (Å²) in [6.45, 7) is -0.396. The largest absolute Gasteiger partial charge is 0.479 e. The molecule has 0 unspecified atom stereocenters. The van der Waals surface area contributed by atoms with E-state index in [1.54, 1.807) is 30.2 Å². The molecule has 17 heavy (non-hydrogen) atoms. The summed E-state index contributed by atoms with van der Waals surface area (Å²) in [5.41, 5.74) is 1.79. The first-order valence-corrected chi connectivity index (χ1v) is 4.96. The van der Waals surface area contributed by atoms with Crippen LogP contribution in [0.5, 0.6) is 5.88 Å². The molecule has 0 aromatic carbocycles. The highest BCUT2D eigenvalue weighted by molar-refractivity contribution is 5.68. The molecule has 1 N–H and O–H groups in total. The number of nitrogens with zero attached hydrogens (tertiary/aromatic N) is 3.